The topological polar surface area (TPSA) is 147 Å². The first-order valence-corrected chi connectivity index (χ1v) is 20.5. The van der Waals surface area contributed by atoms with E-state index in [4.69, 9.17) is 5.10 Å². The monoisotopic (exact) mass is 812 g/mol. The van der Waals surface area contributed by atoms with Crippen LogP contribution in [0.2, 0.25) is 0 Å². The van der Waals surface area contributed by atoms with Crippen LogP contribution in [-0.2, 0) is 28.6 Å². The Bertz CT molecular complexity index is 2550. The highest BCUT2D eigenvalue weighted by atomic mass is 19.2. The fraction of sp³-hybridized carbons (Fsp3) is 0.465. The number of benzene rings is 3. The summed E-state index contributed by atoms with van der Waals surface area (Å²) in [4.78, 5) is 55.0. The lowest BCUT2D eigenvalue weighted by molar-refractivity contribution is -0.135. The van der Waals surface area contributed by atoms with E-state index in [9.17, 15) is 37.5 Å². The summed E-state index contributed by atoms with van der Waals surface area (Å²) in [6, 6.07) is 12.3. The SMILES string of the molecule is Cn1c(=O)n([C@@H]2CCC(=O)NC2=O)c2ccc(CCCN3CCN(c4ccc5cn(C67CCC(CNC(=O)c8cc(F)c(O)c(F)c8F)(CC6)CC7)nc5c4)CC3)cc21. The Morgan fingerprint density at radius 2 is 1.68 bits per heavy atom. The van der Waals surface area contributed by atoms with E-state index in [2.05, 4.69) is 49.5 Å². The Kier molecular flexibility index (Phi) is 9.80. The van der Waals surface area contributed by atoms with Crippen molar-refractivity contribution in [3.8, 4) is 5.75 Å². The van der Waals surface area contributed by atoms with E-state index in [0.717, 1.165) is 112 Å². The van der Waals surface area contributed by atoms with E-state index in [1.165, 1.54) is 4.57 Å². The number of hydrogen-bond donors (Lipinski definition) is 3. The summed E-state index contributed by atoms with van der Waals surface area (Å²) in [6.45, 7) is 4.92. The van der Waals surface area contributed by atoms with Crippen LogP contribution >= 0.6 is 0 Å². The van der Waals surface area contributed by atoms with Crippen LogP contribution in [0, 0.1) is 22.9 Å². The molecule has 3 N–H and O–H groups in total. The van der Waals surface area contributed by atoms with Gasteiger partial charge in [0.15, 0.2) is 17.4 Å². The molecule has 2 aromatic heterocycles. The number of aryl methyl sites for hydroxylation is 2. The van der Waals surface area contributed by atoms with Crippen LogP contribution < -0.4 is 21.2 Å². The lowest BCUT2D eigenvalue weighted by Crippen LogP contribution is -2.51. The molecule has 3 aromatic carbocycles. The Morgan fingerprint density at radius 3 is 2.41 bits per heavy atom. The molecule has 59 heavy (non-hydrogen) atoms. The Balaban J connectivity index is 0.771. The van der Waals surface area contributed by atoms with Crippen LogP contribution in [0.5, 0.6) is 5.75 Å². The molecule has 2 bridgehead atoms. The minimum atomic E-state index is -1.77. The molecule has 0 spiro atoms. The number of carbonyl (C=O) groups excluding carboxylic acids is 3. The third-order valence-corrected chi connectivity index (χ3v) is 13.7. The molecule has 3 saturated carbocycles. The van der Waals surface area contributed by atoms with Crippen LogP contribution in [0.25, 0.3) is 21.9 Å². The molecule has 10 rings (SSSR count). The van der Waals surface area contributed by atoms with Gasteiger partial charge in [-0.1, -0.05) is 6.07 Å². The summed E-state index contributed by atoms with van der Waals surface area (Å²) < 4.78 is 47.3. The third kappa shape index (κ3) is 6.94. The number of phenols is 1. The van der Waals surface area contributed by atoms with Gasteiger partial charge in [0.2, 0.25) is 17.6 Å². The molecule has 2 saturated heterocycles. The molecule has 2 aliphatic heterocycles. The lowest BCUT2D eigenvalue weighted by Gasteiger charge is -2.53. The highest BCUT2D eigenvalue weighted by Crippen LogP contribution is 2.55. The molecule has 5 fully saturated rings. The number of piperidine rings is 1. The highest BCUT2D eigenvalue weighted by Gasteiger charge is 2.50. The summed E-state index contributed by atoms with van der Waals surface area (Å²) in [5, 5.41) is 20.6. The maximum atomic E-state index is 14.3. The maximum absolute atomic E-state index is 14.3. The van der Waals surface area contributed by atoms with Crippen LogP contribution in [0.3, 0.4) is 0 Å². The first-order chi connectivity index (χ1) is 28.3. The maximum Gasteiger partial charge on any atom is 0.329 e. The molecule has 5 aromatic rings. The van der Waals surface area contributed by atoms with E-state index in [0.29, 0.717) is 18.0 Å². The average molecular weight is 813 g/mol. The van der Waals surface area contributed by atoms with Gasteiger partial charge in [-0.3, -0.25) is 38.4 Å². The number of piperazine rings is 1. The van der Waals surface area contributed by atoms with E-state index in [-0.39, 0.29) is 35.5 Å². The second-order valence-electron chi connectivity index (χ2n) is 17.0. The van der Waals surface area contributed by atoms with Gasteiger partial charge in [-0.05, 0) is 112 Å². The summed E-state index contributed by atoms with van der Waals surface area (Å²) in [6.07, 6.45) is 9.58. The number of nitrogens with zero attached hydrogens (tertiary/aromatic N) is 6. The number of aromatic hydroxyl groups is 1. The van der Waals surface area contributed by atoms with Crippen molar-refractivity contribution in [3.63, 3.8) is 0 Å². The smallest absolute Gasteiger partial charge is 0.329 e. The van der Waals surface area contributed by atoms with Crippen molar-refractivity contribution in [3.05, 3.63) is 87.7 Å². The largest absolute Gasteiger partial charge is 0.503 e. The minimum Gasteiger partial charge on any atom is -0.503 e. The van der Waals surface area contributed by atoms with E-state index in [1.807, 2.05) is 18.2 Å². The first-order valence-electron chi connectivity index (χ1n) is 20.5. The van der Waals surface area contributed by atoms with E-state index < -0.39 is 46.6 Å². The molecule has 13 nitrogen and oxygen atoms in total. The Morgan fingerprint density at radius 1 is 0.932 bits per heavy atom. The van der Waals surface area contributed by atoms with Crippen LogP contribution in [0.15, 0.2) is 53.5 Å². The Labute approximate surface area is 337 Å². The van der Waals surface area contributed by atoms with Gasteiger partial charge in [-0.2, -0.15) is 9.49 Å². The fourth-order valence-electron chi connectivity index (χ4n) is 9.94. The van der Waals surface area contributed by atoms with Crippen molar-refractivity contribution in [1.29, 1.82) is 0 Å². The van der Waals surface area contributed by atoms with Crippen molar-refractivity contribution in [2.24, 2.45) is 12.5 Å². The number of anilines is 1. The van der Waals surface area contributed by atoms with Gasteiger partial charge in [-0.25, -0.2) is 13.6 Å². The number of halogens is 3. The number of imide groups is 1. The molecule has 310 valence electrons. The summed E-state index contributed by atoms with van der Waals surface area (Å²) in [5.41, 5.74) is 3.36. The lowest BCUT2D eigenvalue weighted by atomic mass is 9.57. The standard InChI is InChI=1S/C43H47F3N8O5/c1-50-34-21-26(4-7-32(34)54(41(50)59)33-8-9-35(55)48-40(33)58)3-2-16-51-17-19-52(20-18-51)28-6-5-27-24-53(49-31(27)22-28)43-13-10-42(11-14-43,12-15-43)25-47-39(57)29-23-30(44)38(56)37(46)36(29)45/h4-7,21-24,33,56H,2-3,8-20,25H2,1H3,(H,47,57)(H,48,55,58)/t33-,42?,43?/m1/s1. The van der Waals surface area contributed by atoms with Crippen molar-refractivity contribution in [1.82, 2.24) is 34.4 Å². The van der Waals surface area contributed by atoms with Crippen LogP contribution in [-0.4, -0.2) is 85.9 Å². The van der Waals surface area contributed by atoms with Crippen molar-refractivity contribution in [2.75, 3.05) is 44.2 Å². The van der Waals surface area contributed by atoms with Gasteiger partial charge >= 0.3 is 5.69 Å². The predicted molar refractivity (Wildman–Crippen MR) is 214 cm³/mol. The molecule has 16 heteroatoms. The number of nitrogens with one attached hydrogen (secondary N) is 2. The minimum absolute atomic E-state index is 0.130. The molecule has 3 amide bonds. The zero-order valence-electron chi connectivity index (χ0n) is 32.9. The summed E-state index contributed by atoms with van der Waals surface area (Å²) in [7, 11) is 1.72. The van der Waals surface area contributed by atoms with Crippen LogP contribution in [0.4, 0.5) is 18.9 Å². The van der Waals surface area contributed by atoms with Crippen molar-refractivity contribution in [2.45, 2.75) is 75.8 Å². The number of amides is 3. The van der Waals surface area contributed by atoms with Crippen molar-refractivity contribution >= 4 is 45.3 Å². The predicted octanol–water partition coefficient (Wildman–Crippen LogP) is 5.02. The van der Waals surface area contributed by atoms with E-state index >= 15 is 0 Å². The van der Waals surface area contributed by atoms with Gasteiger partial charge in [0.05, 0.1) is 27.7 Å². The van der Waals surface area contributed by atoms with Crippen molar-refractivity contribution < 1.29 is 32.7 Å². The summed E-state index contributed by atoms with van der Waals surface area (Å²) in [5.74, 6) is -7.82. The number of phenolic OH excluding ortho intramolecular Hbond substituents is 1. The molecule has 4 heterocycles. The Hall–Kier alpha value is -5.64. The quantitative estimate of drug-likeness (QED) is 0.132. The molecular formula is C43H47F3N8O5. The van der Waals surface area contributed by atoms with Gasteiger partial charge < -0.3 is 15.3 Å². The normalized spacial score (nSPS) is 23.7. The average Bonchev–Trinajstić information content (AvgIpc) is 3.79. The highest BCUT2D eigenvalue weighted by molar-refractivity contribution is 6.00. The number of imidazole rings is 1. The third-order valence-electron chi connectivity index (χ3n) is 13.7. The molecular weight excluding hydrogens is 766 g/mol. The van der Waals surface area contributed by atoms with E-state index in [1.54, 1.807) is 11.6 Å². The van der Waals surface area contributed by atoms with Gasteiger partial charge in [0, 0.05) is 63.5 Å². The van der Waals surface area contributed by atoms with Gasteiger partial charge in [0.1, 0.15) is 6.04 Å². The molecule has 1 atom stereocenters. The molecule has 0 unspecified atom stereocenters. The molecule has 3 aliphatic carbocycles. The molecule has 0 radical (unpaired) electrons. The summed E-state index contributed by atoms with van der Waals surface area (Å²) >= 11 is 0. The molecule has 5 aliphatic rings. The fourth-order valence-corrected chi connectivity index (χ4v) is 9.94. The number of rotatable bonds is 10. The zero-order chi connectivity index (χ0) is 41.2. The number of fused-ring (bicyclic) bond motifs is 5. The van der Waals surface area contributed by atoms with Gasteiger partial charge in [0.25, 0.3) is 5.91 Å². The second-order valence-corrected chi connectivity index (χ2v) is 17.0. The van der Waals surface area contributed by atoms with Crippen LogP contribution in [0.1, 0.15) is 79.8 Å². The first kappa shape index (κ1) is 38.9. The number of hydrogen-bond acceptors (Lipinski definition) is 8. The number of carbonyl (C=O) groups is 3. The zero-order valence-corrected chi connectivity index (χ0v) is 32.9. The number of aromatic nitrogens is 4. The van der Waals surface area contributed by atoms with Gasteiger partial charge in [-0.15, -0.1) is 0 Å². The second kappa shape index (κ2) is 14.9.